The molecular weight excluding hydrogens is 216 g/mol. The molecule has 0 atom stereocenters. The normalized spacial score (nSPS) is 11.3. The minimum Gasteiger partial charge on any atom is -0.378 e. The fourth-order valence-corrected chi connectivity index (χ4v) is 1.30. The quantitative estimate of drug-likeness (QED) is 0.480. The van der Waals surface area contributed by atoms with E-state index in [0.717, 1.165) is 39.4 Å². The van der Waals surface area contributed by atoms with Gasteiger partial charge in [-0.05, 0) is 25.4 Å². The van der Waals surface area contributed by atoms with Crippen molar-refractivity contribution in [1.82, 2.24) is 10.6 Å². The molecule has 0 radical (unpaired) electrons. The molecule has 0 aromatic rings. The smallest absolute Gasteiger partial charge is 0.0701 e. The topological polar surface area (TPSA) is 42.5 Å². The molecule has 0 saturated carbocycles. The molecule has 0 aromatic heterocycles. The van der Waals surface area contributed by atoms with Gasteiger partial charge in [0.15, 0.2) is 0 Å². The SMILES string of the molecule is CCCNCCOCCOCCNCC(C)C. The Balaban J connectivity index is 2.89. The zero-order valence-corrected chi connectivity index (χ0v) is 11.8. The van der Waals surface area contributed by atoms with Gasteiger partial charge in [-0.15, -0.1) is 0 Å². The van der Waals surface area contributed by atoms with Gasteiger partial charge in [0.1, 0.15) is 0 Å². The summed E-state index contributed by atoms with van der Waals surface area (Å²) in [7, 11) is 0. The Kier molecular flexibility index (Phi) is 13.8. The molecule has 0 aliphatic rings. The molecule has 0 saturated heterocycles. The van der Waals surface area contributed by atoms with Crippen molar-refractivity contribution in [3.63, 3.8) is 0 Å². The molecule has 0 aliphatic heterocycles. The number of nitrogens with one attached hydrogen (secondary N) is 2. The molecular formula is C13H30N2O2. The molecule has 0 heterocycles. The largest absolute Gasteiger partial charge is 0.378 e. The monoisotopic (exact) mass is 246 g/mol. The molecule has 2 N–H and O–H groups in total. The molecule has 0 unspecified atom stereocenters. The third kappa shape index (κ3) is 15.8. The summed E-state index contributed by atoms with van der Waals surface area (Å²) >= 11 is 0. The van der Waals surface area contributed by atoms with Gasteiger partial charge in [0.2, 0.25) is 0 Å². The molecule has 4 heteroatoms. The van der Waals surface area contributed by atoms with Gasteiger partial charge in [0.05, 0.1) is 26.4 Å². The van der Waals surface area contributed by atoms with E-state index in [-0.39, 0.29) is 0 Å². The second-order valence-electron chi connectivity index (χ2n) is 4.57. The van der Waals surface area contributed by atoms with Crippen LogP contribution in [0.4, 0.5) is 0 Å². The van der Waals surface area contributed by atoms with Gasteiger partial charge in [0.25, 0.3) is 0 Å². The maximum absolute atomic E-state index is 5.44. The summed E-state index contributed by atoms with van der Waals surface area (Å²) < 4.78 is 10.9. The van der Waals surface area contributed by atoms with Gasteiger partial charge in [0, 0.05) is 13.1 Å². The molecule has 0 spiro atoms. The van der Waals surface area contributed by atoms with Crippen LogP contribution < -0.4 is 10.6 Å². The number of hydrogen-bond acceptors (Lipinski definition) is 4. The zero-order valence-electron chi connectivity index (χ0n) is 11.8. The van der Waals surface area contributed by atoms with Crippen LogP contribution in [0.15, 0.2) is 0 Å². The molecule has 0 bridgehead atoms. The first-order chi connectivity index (χ1) is 8.27. The van der Waals surface area contributed by atoms with E-state index >= 15 is 0 Å². The van der Waals surface area contributed by atoms with Crippen molar-refractivity contribution < 1.29 is 9.47 Å². The first-order valence-electron chi connectivity index (χ1n) is 6.84. The maximum atomic E-state index is 5.44. The van der Waals surface area contributed by atoms with Crippen LogP contribution in [0.1, 0.15) is 27.2 Å². The summed E-state index contributed by atoms with van der Waals surface area (Å²) in [5.41, 5.74) is 0. The fraction of sp³-hybridized carbons (Fsp3) is 1.00. The van der Waals surface area contributed by atoms with Crippen LogP contribution in [-0.2, 0) is 9.47 Å². The van der Waals surface area contributed by atoms with Gasteiger partial charge < -0.3 is 20.1 Å². The second-order valence-corrected chi connectivity index (χ2v) is 4.57. The molecule has 0 aromatic carbocycles. The van der Waals surface area contributed by atoms with E-state index in [1.165, 1.54) is 6.42 Å². The lowest BCUT2D eigenvalue weighted by atomic mass is 10.2. The van der Waals surface area contributed by atoms with E-state index in [1.807, 2.05) is 0 Å². The molecule has 0 aliphatic carbocycles. The second kappa shape index (κ2) is 13.9. The minimum atomic E-state index is 0.692. The zero-order chi connectivity index (χ0) is 12.8. The Morgan fingerprint density at radius 1 is 0.824 bits per heavy atom. The van der Waals surface area contributed by atoms with Gasteiger partial charge >= 0.3 is 0 Å². The third-order valence-electron chi connectivity index (χ3n) is 2.20. The molecule has 0 amide bonds. The lowest BCUT2D eigenvalue weighted by Crippen LogP contribution is -2.25. The van der Waals surface area contributed by atoms with Crippen molar-refractivity contribution in [1.29, 1.82) is 0 Å². The van der Waals surface area contributed by atoms with Gasteiger partial charge in [-0.25, -0.2) is 0 Å². The van der Waals surface area contributed by atoms with Crippen LogP contribution in [0.2, 0.25) is 0 Å². The molecule has 4 nitrogen and oxygen atoms in total. The summed E-state index contributed by atoms with van der Waals surface area (Å²) in [6, 6.07) is 0. The fourth-order valence-electron chi connectivity index (χ4n) is 1.30. The maximum Gasteiger partial charge on any atom is 0.0701 e. The van der Waals surface area contributed by atoms with Crippen LogP contribution >= 0.6 is 0 Å². The molecule has 0 fully saturated rings. The van der Waals surface area contributed by atoms with Crippen molar-refractivity contribution in [3.8, 4) is 0 Å². The summed E-state index contributed by atoms with van der Waals surface area (Å²) in [6.07, 6.45) is 1.17. The average Bonchev–Trinajstić information content (AvgIpc) is 2.30. The summed E-state index contributed by atoms with van der Waals surface area (Å²) in [5, 5.41) is 6.62. The Morgan fingerprint density at radius 2 is 1.41 bits per heavy atom. The first kappa shape index (κ1) is 16.8. The minimum absolute atomic E-state index is 0.692. The van der Waals surface area contributed by atoms with Gasteiger partial charge in [-0.1, -0.05) is 20.8 Å². The Labute approximate surface area is 106 Å². The Bertz CT molecular complexity index is 143. The predicted molar refractivity (Wildman–Crippen MR) is 72.5 cm³/mol. The highest BCUT2D eigenvalue weighted by atomic mass is 16.5. The van der Waals surface area contributed by atoms with Crippen molar-refractivity contribution >= 4 is 0 Å². The summed E-state index contributed by atoms with van der Waals surface area (Å²) in [4.78, 5) is 0. The van der Waals surface area contributed by atoms with E-state index < -0.39 is 0 Å². The van der Waals surface area contributed by atoms with Gasteiger partial charge in [-0.3, -0.25) is 0 Å². The van der Waals surface area contributed by atoms with E-state index in [2.05, 4.69) is 31.4 Å². The van der Waals surface area contributed by atoms with E-state index in [1.54, 1.807) is 0 Å². The van der Waals surface area contributed by atoms with Crippen LogP contribution in [0.25, 0.3) is 0 Å². The van der Waals surface area contributed by atoms with E-state index in [0.29, 0.717) is 19.1 Å². The Hall–Kier alpha value is -0.160. The highest BCUT2D eigenvalue weighted by molar-refractivity contribution is 4.50. The first-order valence-corrected chi connectivity index (χ1v) is 6.84. The standard InChI is InChI=1S/C13H30N2O2/c1-4-5-14-6-8-16-10-11-17-9-7-15-12-13(2)3/h13-15H,4-12H2,1-3H3. The highest BCUT2D eigenvalue weighted by Gasteiger charge is 1.93. The van der Waals surface area contributed by atoms with Crippen LogP contribution in [0, 0.1) is 5.92 Å². The van der Waals surface area contributed by atoms with E-state index in [4.69, 9.17) is 9.47 Å². The molecule has 17 heavy (non-hydrogen) atoms. The molecule has 0 rings (SSSR count). The van der Waals surface area contributed by atoms with E-state index in [9.17, 15) is 0 Å². The van der Waals surface area contributed by atoms with Crippen molar-refractivity contribution in [2.75, 3.05) is 52.6 Å². The van der Waals surface area contributed by atoms with Gasteiger partial charge in [-0.2, -0.15) is 0 Å². The molecule has 104 valence electrons. The number of ether oxygens (including phenoxy) is 2. The predicted octanol–water partition coefficient (Wildman–Crippen LogP) is 1.26. The summed E-state index contributed by atoms with van der Waals surface area (Å²) in [6.45, 7) is 13.5. The van der Waals surface area contributed by atoms with Crippen LogP contribution in [0.5, 0.6) is 0 Å². The lowest BCUT2D eigenvalue weighted by Gasteiger charge is -2.08. The number of hydrogen-bond donors (Lipinski definition) is 2. The third-order valence-corrected chi connectivity index (χ3v) is 2.20. The summed E-state index contributed by atoms with van der Waals surface area (Å²) in [5.74, 6) is 0.703. The van der Waals surface area contributed by atoms with Crippen LogP contribution in [-0.4, -0.2) is 52.6 Å². The Morgan fingerprint density at radius 3 is 1.94 bits per heavy atom. The van der Waals surface area contributed by atoms with Crippen molar-refractivity contribution in [2.24, 2.45) is 5.92 Å². The van der Waals surface area contributed by atoms with Crippen LogP contribution in [0.3, 0.4) is 0 Å². The van der Waals surface area contributed by atoms with Crippen molar-refractivity contribution in [2.45, 2.75) is 27.2 Å². The lowest BCUT2D eigenvalue weighted by molar-refractivity contribution is 0.0498. The van der Waals surface area contributed by atoms with Crippen molar-refractivity contribution in [3.05, 3.63) is 0 Å². The number of rotatable bonds is 13. The average molecular weight is 246 g/mol. The highest BCUT2D eigenvalue weighted by Crippen LogP contribution is 1.86.